The van der Waals surface area contributed by atoms with Crippen LogP contribution in [0, 0.1) is 29.6 Å². The molecule has 17 heteroatoms. The lowest BCUT2D eigenvalue weighted by molar-refractivity contribution is -0.318. The number of nitrogens with zero attached hydrogens (tertiary/aromatic N) is 2. The minimum Gasteiger partial charge on any atom is -0.459 e. The Morgan fingerprint density at radius 3 is 2.01 bits per heavy atom. The molecule has 0 amide bonds. The average molecular weight is 989 g/mol. The summed E-state index contributed by atoms with van der Waals surface area (Å²) in [5.74, 6) is -3.44. The molecule has 1 aliphatic carbocycles. The lowest BCUT2D eigenvalue weighted by Crippen LogP contribution is -2.62. The number of carbonyl (C=O) groups excluding carboxylic acids is 1. The number of ether oxygens (including phenoxy) is 8. The van der Waals surface area contributed by atoms with Gasteiger partial charge in [-0.3, -0.25) is 4.79 Å². The molecule has 1 saturated carbocycles. The number of rotatable bonds is 15. The van der Waals surface area contributed by atoms with E-state index in [1.54, 1.807) is 35.0 Å². The highest BCUT2D eigenvalue weighted by atomic mass is 28.4. The maximum absolute atomic E-state index is 14.8. The zero-order valence-corrected chi connectivity index (χ0v) is 46.5. The molecule has 398 valence electrons. The standard InChI is InChI=1S/C51H96N2O14Si/c1-20-38-51(12,57)43(55)32(6)40(52-66-47(60-29(2)3)36-24-22-21-23-25-36)30(4)27-49(10,58-15)44(65-48-41(54)37(53(13)14)26-31(5)61-48)33(7)42(34(8)46(56)63-38)64-39-28-50(11,59-16)45(35(9)62-39)67-68(17,18)19/h29-39,41-45,47-48,54-55,57H,20-28H2,1-19H3/b52-40-/t30-,31-,32+,33+,34-,35+,37+,38-,39+,41-,42+,43-,44-,45+,47?,48+,49-,50-,51-/m1/s1. The van der Waals surface area contributed by atoms with E-state index in [1.807, 2.05) is 74.4 Å². The van der Waals surface area contributed by atoms with Gasteiger partial charge in [-0.25, -0.2) is 0 Å². The molecule has 0 aromatic carbocycles. The number of aliphatic hydroxyl groups is 3. The predicted molar refractivity (Wildman–Crippen MR) is 263 cm³/mol. The van der Waals surface area contributed by atoms with E-state index in [2.05, 4.69) is 19.6 Å². The van der Waals surface area contributed by atoms with Crippen molar-refractivity contribution < 1.29 is 67.3 Å². The van der Waals surface area contributed by atoms with Gasteiger partial charge in [-0.2, -0.15) is 0 Å². The van der Waals surface area contributed by atoms with Crippen LogP contribution in [-0.2, 0) is 52.0 Å². The van der Waals surface area contributed by atoms with Gasteiger partial charge in [-0.05, 0) is 121 Å². The third-order valence-electron chi connectivity index (χ3n) is 15.4. The highest BCUT2D eigenvalue weighted by Gasteiger charge is 2.55. The van der Waals surface area contributed by atoms with E-state index in [1.165, 1.54) is 6.92 Å². The Balaban J connectivity index is 1.93. The molecule has 3 heterocycles. The minimum absolute atomic E-state index is 0.126. The van der Waals surface area contributed by atoms with Gasteiger partial charge in [0.1, 0.15) is 17.8 Å². The predicted octanol–water partition coefficient (Wildman–Crippen LogP) is 7.43. The molecule has 0 aromatic heterocycles. The van der Waals surface area contributed by atoms with Crippen LogP contribution in [-0.4, -0.2) is 165 Å². The molecule has 68 heavy (non-hydrogen) atoms. The van der Waals surface area contributed by atoms with E-state index in [0.29, 0.717) is 12.1 Å². The summed E-state index contributed by atoms with van der Waals surface area (Å²) in [6.45, 7) is 29.0. The first-order valence-corrected chi connectivity index (χ1v) is 29.2. The molecule has 3 aliphatic heterocycles. The van der Waals surface area contributed by atoms with Crippen LogP contribution in [0.2, 0.25) is 19.6 Å². The third kappa shape index (κ3) is 14.5. The molecule has 3 N–H and O–H groups in total. The van der Waals surface area contributed by atoms with Gasteiger partial charge in [0.05, 0.1) is 65.6 Å². The molecule has 4 aliphatic rings. The Kier molecular flexibility index (Phi) is 21.4. The number of hydrogen-bond donors (Lipinski definition) is 3. The second-order valence-corrected chi connectivity index (χ2v) is 27.5. The molecule has 4 fully saturated rings. The van der Waals surface area contributed by atoms with Gasteiger partial charge in [0, 0.05) is 50.4 Å². The summed E-state index contributed by atoms with van der Waals surface area (Å²) in [6, 6.07) is -0.274. The lowest BCUT2D eigenvalue weighted by Gasteiger charge is -2.51. The zero-order chi connectivity index (χ0) is 51.3. The van der Waals surface area contributed by atoms with Crippen LogP contribution in [0.15, 0.2) is 5.16 Å². The second kappa shape index (κ2) is 24.6. The Hall–Kier alpha value is -1.32. The normalized spacial score (nSPS) is 43.3. The van der Waals surface area contributed by atoms with Gasteiger partial charge >= 0.3 is 5.97 Å². The van der Waals surface area contributed by atoms with Crippen molar-refractivity contribution in [2.75, 3.05) is 28.3 Å². The maximum Gasteiger partial charge on any atom is 0.311 e. The number of likely N-dealkylation sites (N-methyl/N-ethyl adjacent to an activating group) is 1. The summed E-state index contributed by atoms with van der Waals surface area (Å²) in [5, 5.41) is 41.5. The lowest BCUT2D eigenvalue weighted by atomic mass is 9.73. The molecule has 0 spiro atoms. The first-order chi connectivity index (χ1) is 31.5. The van der Waals surface area contributed by atoms with Crippen molar-refractivity contribution in [3.63, 3.8) is 0 Å². The van der Waals surface area contributed by atoms with Crippen molar-refractivity contribution in [1.82, 2.24) is 4.90 Å². The Labute approximate surface area is 411 Å². The smallest absolute Gasteiger partial charge is 0.311 e. The second-order valence-electron chi connectivity index (χ2n) is 23.0. The highest BCUT2D eigenvalue weighted by Crippen LogP contribution is 2.43. The Bertz CT molecular complexity index is 1590. The summed E-state index contributed by atoms with van der Waals surface area (Å²) in [7, 11) is 5.07. The first kappa shape index (κ1) is 59.2. The van der Waals surface area contributed by atoms with E-state index in [0.717, 1.165) is 32.1 Å². The van der Waals surface area contributed by atoms with Crippen molar-refractivity contribution >= 4 is 20.0 Å². The van der Waals surface area contributed by atoms with E-state index in [4.69, 9.17) is 52.3 Å². The molecule has 1 unspecified atom stereocenters. The summed E-state index contributed by atoms with van der Waals surface area (Å²) in [5.41, 5.74) is -3.48. The average Bonchev–Trinajstić information content (AvgIpc) is 3.26. The number of cyclic esters (lactones) is 1. The fourth-order valence-electron chi connectivity index (χ4n) is 11.4. The third-order valence-corrected chi connectivity index (χ3v) is 16.4. The molecule has 4 rings (SSSR count). The van der Waals surface area contributed by atoms with Crippen LogP contribution in [0.25, 0.3) is 0 Å². The number of oxime groups is 1. The zero-order valence-electron chi connectivity index (χ0n) is 45.5. The van der Waals surface area contributed by atoms with Gasteiger partial charge in [0.2, 0.25) is 6.29 Å². The number of hydrogen-bond acceptors (Lipinski definition) is 16. The summed E-state index contributed by atoms with van der Waals surface area (Å²) >= 11 is 0. The highest BCUT2D eigenvalue weighted by molar-refractivity contribution is 6.69. The number of carbonyl (C=O) groups is 1. The Morgan fingerprint density at radius 1 is 0.868 bits per heavy atom. The summed E-state index contributed by atoms with van der Waals surface area (Å²) < 4.78 is 59.5. The topological polar surface area (TPSA) is 186 Å². The first-order valence-electron chi connectivity index (χ1n) is 25.8. The van der Waals surface area contributed by atoms with E-state index >= 15 is 0 Å². The van der Waals surface area contributed by atoms with Gasteiger partial charge in [0.25, 0.3) is 0 Å². The molecule has 19 atom stereocenters. The number of methoxy groups -OCH3 is 2. The monoisotopic (exact) mass is 989 g/mol. The van der Waals surface area contributed by atoms with Crippen molar-refractivity contribution in [3.8, 4) is 0 Å². The van der Waals surface area contributed by atoms with E-state index < -0.39 is 110 Å². The molecule has 0 radical (unpaired) electrons. The quantitative estimate of drug-likeness (QED) is 0.0636. The molecular formula is C51H96N2O14Si. The summed E-state index contributed by atoms with van der Waals surface area (Å²) in [6.07, 6.45) is -2.79. The van der Waals surface area contributed by atoms with Gasteiger partial charge in [-0.1, -0.05) is 52.1 Å². The van der Waals surface area contributed by atoms with Crippen LogP contribution < -0.4 is 0 Å². The van der Waals surface area contributed by atoms with Crippen LogP contribution in [0.3, 0.4) is 0 Å². The van der Waals surface area contributed by atoms with Crippen LogP contribution in [0.5, 0.6) is 0 Å². The molecule has 16 nitrogen and oxygen atoms in total. The van der Waals surface area contributed by atoms with E-state index in [9.17, 15) is 20.1 Å². The van der Waals surface area contributed by atoms with Crippen LogP contribution in [0.1, 0.15) is 141 Å². The van der Waals surface area contributed by atoms with Gasteiger partial charge in [-0.15, -0.1) is 0 Å². The minimum atomic E-state index is -2.06. The fraction of sp³-hybridized carbons (Fsp3) is 0.961. The number of esters is 1. The number of aliphatic hydroxyl groups excluding tert-OH is 2. The maximum atomic E-state index is 14.8. The van der Waals surface area contributed by atoms with Crippen molar-refractivity contribution in [2.24, 2.45) is 34.7 Å². The van der Waals surface area contributed by atoms with Crippen LogP contribution >= 0.6 is 0 Å². The fourth-order valence-corrected chi connectivity index (χ4v) is 12.6. The molecular weight excluding hydrogens is 893 g/mol. The molecule has 3 saturated heterocycles. The molecule has 0 bridgehead atoms. The Morgan fingerprint density at radius 2 is 1.47 bits per heavy atom. The SMILES string of the molecule is CC[C@H]1OC(=O)[C@H](C)[C@@H](O[C@H]2C[C@@](C)(OC)[C@@H](O[Si](C)(C)C)[C@H](C)O2)[C@H](C)[C@@H](O[C@@H]2O[C@H](C)C[C@H](N(C)C)[C@H]2O)[C@](C)(OC)C[C@@H](C)/C(=N/OC(OC(C)C)C2CCCCC2)[C@H](C)[C@@H](O)[C@]1(C)O. The van der Waals surface area contributed by atoms with E-state index in [-0.39, 0.29) is 49.5 Å². The van der Waals surface area contributed by atoms with Crippen molar-refractivity contribution in [1.29, 1.82) is 0 Å². The van der Waals surface area contributed by atoms with Gasteiger partial charge in [0.15, 0.2) is 20.9 Å². The van der Waals surface area contributed by atoms with Gasteiger partial charge < -0.3 is 67.4 Å². The summed E-state index contributed by atoms with van der Waals surface area (Å²) in [4.78, 5) is 23.2. The molecule has 0 aromatic rings. The van der Waals surface area contributed by atoms with Crippen LogP contribution in [0.4, 0.5) is 0 Å². The van der Waals surface area contributed by atoms with Crippen molar-refractivity contribution in [3.05, 3.63) is 0 Å². The van der Waals surface area contributed by atoms with Crippen molar-refractivity contribution in [2.45, 2.75) is 257 Å². The largest absolute Gasteiger partial charge is 0.459 e.